The summed E-state index contributed by atoms with van der Waals surface area (Å²) in [6, 6.07) is 22.6. The van der Waals surface area contributed by atoms with Crippen LogP contribution >= 0.6 is 0 Å². The zero-order valence-electron chi connectivity index (χ0n) is 14.9. The molecule has 0 aromatic heterocycles. The number of nitrogens with one attached hydrogen (secondary N) is 1. The molecule has 0 fully saturated rings. The lowest BCUT2D eigenvalue weighted by Gasteiger charge is -2.10. The molecule has 1 N–H and O–H groups in total. The molecule has 0 saturated carbocycles. The molecule has 3 rings (SSSR count). The van der Waals surface area contributed by atoms with Crippen LogP contribution < -0.4 is 10.2 Å². The third-order valence-corrected chi connectivity index (χ3v) is 4.12. The Balaban J connectivity index is 1.80. The highest BCUT2D eigenvalue weighted by Gasteiger charge is 2.19. The molecule has 1 atom stereocenters. The molecule has 3 aromatic rings. The van der Waals surface area contributed by atoms with Crippen LogP contribution in [0.4, 0.5) is 0 Å². The van der Waals surface area contributed by atoms with Gasteiger partial charge in [-0.3, -0.25) is 4.79 Å². The SMILES string of the molecule is CCOc1ccc(/C=N\NC(=O)[C@@H](C#N)c2ccccc2)c2ccccc12. The molecule has 0 radical (unpaired) electrons. The van der Waals surface area contributed by atoms with Crippen LogP contribution in [-0.2, 0) is 4.79 Å². The fraction of sp³-hybridized carbons (Fsp3) is 0.136. The number of ether oxygens (including phenoxy) is 1. The van der Waals surface area contributed by atoms with Crippen molar-refractivity contribution in [1.82, 2.24) is 5.43 Å². The fourth-order valence-electron chi connectivity index (χ4n) is 2.85. The third-order valence-electron chi connectivity index (χ3n) is 4.12. The number of carbonyl (C=O) groups excluding carboxylic acids is 1. The van der Waals surface area contributed by atoms with E-state index in [9.17, 15) is 10.1 Å². The van der Waals surface area contributed by atoms with E-state index in [0.29, 0.717) is 12.2 Å². The summed E-state index contributed by atoms with van der Waals surface area (Å²) < 4.78 is 5.66. The molecule has 0 heterocycles. The number of amides is 1. The molecule has 134 valence electrons. The van der Waals surface area contributed by atoms with Crippen molar-refractivity contribution in [3.05, 3.63) is 77.9 Å². The summed E-state index contributed by atoms with van der Waals surface area (Å²) in [6.45, 7) is 2.53. The maximum atomic E-state index is 12.3. The second kappa shape index (κ2) is 8.63. The van der Waals surface area contributed by atoms with Gasteiger partial charge in [0, 0.05) is 10.9 Å². The van der Waals surface area contributed by atoms with Crippen molar-refractivity contribution in [1.29, 1.82) is 5.26 Å². The number of hydrogen-bond donors (Lipinski definition) is 1. The average molecular weight is 357 g/mol. The minimum Gasteiger partial charge on any atom is -0.493 e. The summed E-state index contributed by atoms with van der Waals surface area (Å²) in [6.07, 6.45) is 1.58. The maximum Gasteiger partial charge on any atom is 0.261 e. The van der Waals surface area contributed by atoms with Gasteiger partial charge < -0.3 is 4.74 Å². The zero-order chi connectivity index (χ0) is 19.1. The number of nitriles is 1. The van der Waals surface area contributed by atoms with Crippen LogP contribution in [-0.4, -0.2) is 18.7 Å². The molecule has 0 aliphatic rings. The first-order valence-corrected chi connectivity index (χ1v) is 8.66. The molecule has 5 heteroatoms. The van der Waals surface area contributed by atoms with Gasteiger partial charge in [0.15, 0.2) is 5.92 Å². The van der Waals surface area contributed by atoms with Crippen LogP contribution in [0.3, 0.4) is 0 Å². The highest BCUT2D eigenvalue weighted by atomic mass is 16.5. The first kappa shape index (κ1) is 18.2. The van der Waals surface area contributed by atoms with E-state index < -0.39 is 11.8 Å². The van der Waals surface area contributed by atoms with Crippen molar-refractivity contribution in [2.45, 2.75) is 12.8 Å². The Hall–Kier alpha value is -3.65. The standard InChI is InChI=1S/C22H19N3O2/c1-2-27-21-13-12-17(18-10-6-7-11-19(18)21)15-24-25-22(26)20(14-23)16-8-4-3-5-9-16/h3-13,15,20H,2H2,1H3,(H,25,26)/b24-15-/t20-/m0/s1. The van der Waals surface area contributed by atoms with Gasteiger partial charge in [0.05, 0.1) is 18.9 Å². The molecule has 0 bridgehead atoms. The van der Waals surface area contributed by atoms with E-state index in [1.165, 1.54) is 0 Å². The van der Waals surface area contributed by atoms with Gasteiger partial charge in [0.1, 0.15) is 5.75 Å². The van der Waals surface area contributed by atoms with Crippen LogP contribution in [0.25, 0.3) is 10.8 Å². The maximum absolute atomic E-state index is 12.3. The second-order valence-electron chi connectivity index (χ2n) is 5.84. The monoisotopic (exact) mass is 357 g/mol. The van der Waals surface area contributed by atoms with E-state index in [0.717, 1.165) is 22.1 Å². The largest absolute Gasteiger partial charge is 0.493 e. The van der Waals surface area contributed by atoms with E-state index in [2.05, 4.69) is 10.5 Å². The van der Waals surface area contributed by atoms with Gasteiger partial charge in [0.25, 0.3) is 5.91 Å². The number of nitrogens with zero attached hydrogens (tertiary/aromatic N) is 2. The minimum atomic E-state index is -0.902. The molecule has 0 aliphatic carbocycles. The fourth-order valence-corrected chi connectivity index (χ4v) is 2.85. The lowest BCUT2D eigenvalue weighted by Crippen LogP contribution is -2.24. The van der Waals surface area contributed by atoms with Crippen LogP contribution in [0.1, 0.15) is 24.0 Å². The second-order valence-corrected chi connectivity index (χ2v) is 5.84. The number of fused-ring (bicyclic) bond motifs is 1. The predicted molar refractivity (Wildman–Crippen MR) is 106 cm³/mol. The minimum absolute atomic E-state index is 0.463. The average Bonchev–Trinajstić information content (AvgIpc) is 2.71. The van der Waals surface area contributed by atoms with Crippen LogP contribution in [0, 0.1) is 11.3 Å². The van der Waals surface area contributed by atoms with E-state index in [4.69, 9.17) is 4.74 Å². The molecule has 5 nitrogen and oxygen atoms in total. The summed E-state index contributed by atoms with van der Waals surface area (Å²) in [4.78, 5) is 12.3. The van der Waals surface area contributed by atoms with Crippen LogP contribution in [0.5, 0.6) is 5.75 Å². The van der Waals surface area contributed by atoms with Crippen molar-refractivity contribution in [2.24, 2.45) is 5.10 Å². The predicted octanol–water partition coefficient (Wildman–Crippen LogP) is 4.00. The topological polar surface area (TPSA) is 74.5 Å². The first-order valence-electron chi connectivity index (χ1n) is 8.66. The smallest absolute Gasteiger partial charge is 0.261 e. The molecule has 3 aromatic carbocycles. The normalized spacial score (nSPS) is 11.9. The van der Waals surface area contributed by atoms with Gasteiger partial charge in [0.2, 0.25) is 0 Å². The van der Waals surface area contributed by atoms with Crippen molar-refractivity contribution in [2.75, 3.05) is 6.61 Å². The van der Waals surface area contributed by atoms with Gasteiger partial charge in [-0.25, -0.2) is 5.43 Å². The molecule has 0 saturated heterocycles. The summed E-state index contributed by atoms with van der Waals surface area (Å²) in [7, 11) is 0. The summed E-state index contributed by atoms with van der Waals surface area (Å²) in [5, 5.41) is 15.3. The Bertz CT molecular complexity index is 1010. The molecular weight excluding hydrogens is 338 g/mol. The zero-order valence-corrected chi connectivity index (χ0v) is 14.9. The van der Waals surface area contributed by atoms with E-state index in [1.54, 1.807) is 30.5 Å². The molecular formula is C22H19N3O2. The van der Waals surface area contributed by atoms with Gasteiger partial charge >= 0.3 is 0 Å². The van der Waals surface area contributed by atoms with Gasteiger partial charge in [-0.2, -0.15) is 10.4 Å². The third kappa shape index (κ3) is 4.13. The van der Waals surface area contributed by atoms with Gasteiger partial charge in [-0.05, 0) is 30.0 Å². The lowest BCUT2D eigenvalue weighted by molar-refractivity contribution is -0.121. The number of carbonyl (C=O) groups is 1. The summed E-state index contributed by atoms with van der Waals surface area (Å²) >= 11 is 0. The van der Waals surface area contributed by atoms with E-state index in [1.807, 2.05) is 55.5 Å². The Kier molecular flexibility index (Phi) is 5.80. The number of hydrogen-bond acceptors (Lipinski definition) is 4. The highest BCUT2D eigenvalue weighted by Crippen LogP contribution is 2.27. The molecule has 0 spiro atoms. The van der Waals surface area contributed by atoms with E-state index >= 15 is 0 Å². The Morgan fingerprint density at radius 3 is 2.52 bits per heavy atom. The van der Waals surface area contributed by atoms with Crippen molar-refractivity contribution in [3.63, 3.8) is 0 Å². The highest BCUT2D eigenvalue weighted by molar-refractivity contribution is 6.02. The number of benzene rings is 3. The Morgan fingerprint density at radius 2 is 1.81 bits per heavy atom. The van der Waals surface area contributed by atoms with Crippen molar-refractivity contribution in [3.8, 4) is 11.8 Å². The summed E-state index contributed by atoms with van der Waals surface area (Å²) in [5.74, 6) is -0.557. The lowest BCUT2D eigenvalue weighted by atomic mass is 10.0. The summed E-state index contributed by atoms with van der Waals surface area (Å²) in [5.41, 5.74) is 3.95. The number of hydrazone groups is 1. The van der Waals surface area contributed by atoms with Gasteiger partial charge in [-0.15, -0.1) is 0 Å². The molecule has 0 aliphatic heterocycles. The Morgan fingerprint density at radius 1 is 1.11 bits per heavy atom. The van der Waals surface area contributed by atoms with Crippen LogP contribution in [0.2, 0.25) is 0 Å². The Labute approximate surface area is 157 Å². The van der Waals surface area contributed by atoms with E-state index in [-0.39, 0.29) is 0 Å². The number of rotatable bonds is 6. The van der Waals surface area contributed by atoms with Crippen molar-refractivity contribution < 1.29 is 9.53 Å². The quantitative estimate of drug-likeness (QED) is 0.535. The van der Waals surface area contributed by atoms with Gasteiger partial charge in [-0.1, -0.05) is 54.6 Å². The molecule has 27 heavy (non-hydrogen) atoms. The van der Waals surface area contributed by atoms with Crippen LogP contribution in [0.15, 0.2) is 71.8 Å². The molecule has 0 unspecified atom stereocenters. The molecule has 1 amide bonds. The first-order chi connectivity index (χ1) is 13.2. The van der Waals surface area contributed by atoms with Crippen molar-refractivity contribution >= 4 is 22.9 Å².